The first-order valence-electron chi connectivity index (χ1n) is 9.34. The van der Waals surface area contributed by atoms with Gasteiger partial charge in [-0.15, -0.1) is 0 Å². The van der Waals surface area contributed by atoms with Crippen LogP contribution in [0.3, 0.4) is 0 Å². The van der Waals surface area contributed by atoms with Crippen LogP contribution >= 0.6 is 0 Å². The van der Waals surface area contributed by atoms with E-state index in [0.29, 0.717) is 18.4 Å². The van der Waals surface area contributed by atoms with Crippen molar-refractivity contribution >= 4 is 5.91 Å². The Balaban J connectivity index is 1.63. The summed E-state index contributed by atoms with van der Waals surface area (Å²) in [7, 11) is 2.16. The number of benzene rings is 1. The number of amides is 1. The summed E-state index contributed by atoms with van der Waals surface area (Å²) in [6.45, 7) is 12.8. The fourth-order valence-corrected chi connectivity index (χ4v) is 2.97. The van der Waals surface area contributed by atoms with Crippen molar-refractivity contribution < 1.29 is 9.53 Å². The summed E-state index contributed by atoms with van der Waals surface area (Å²) in [4.78, 5) is 16.8. The SMILES string of the molecule is CC(C)c1ccc(OCC(=O)NC[C@@H](C)CN2CCN(C)CC2)cc1. The van der Waals surface area contributed by atoms with Gasteiger partial charge in [-0.05, 0) is 36.6 Å². The summed E-state index contributed by atoms with van der Waals surface area (Å²) in [6, 6.07) is 7.96. The second-order valence-electron chi connectivity index (χ2n) is 7.53. The van der Waals surface area contributed by atoms with Gasteiger partial charge in [-0.25, -0.2) is 0 Å². The van der Waals surface area contributed by atoms with Gasteiger partial charge < -0.3 is 19.9 Å². The molecule has 5 heteroatoms. The molecule has 1 amide bonds. The van der Waals surface area contributed by atoms with Crippen LogP contribution in [0.1, 0.15) is 32.3 Å². The molecule has 1 aliphatic rings. The van der Waals surface area contributed by atoms with E-state index in [9.17, 15) is 4.79 Å². The molecule has 0 spiro atoms. The maximum absolute atomic E-state index is 12.0. The first kappa shape index (κ1) is 19.7. The van der Waals surface area contributed by atoms with E-state index in [1.807, 2.05) is 12.1 Å². The average Bonchev–Trinajstić information content (AvgIpc) is 2.60. The highest BCUT2D eigenvalue weighted by Crippen LogP contribution is 2.18. The van der Waals surface area contributed by atoms with Gasteiger partial charge in [0.05, 0.1) is 0 Å². The van der Waals surface area contributed by atoms with Crippen LogP contribution in [-0.2, 0) is 4.79 Å². The molecular formula is C20H33N3O2. The number of piperazine rings is 1. The predicted molar refractivity (Wildman–Crippen MR) is 102 cm³/mol. The molecule has 25 heavy (non-hydrogen) atoms. The molecule has 2 rings (SSSR count). The van der Waals surface area contributed by atoms with E-state index in [1.165, 1.54) is 5.56 Å². The first-order chi connectivity index (χ1) is 11.9. The minimum Gasteiger partial charge on any atom is -0.484 e. The number of likely N-dealkylation sites (N-methyl/N-ethyl adjacent to an activating group) is 1. The minimum atomic E-state index is -0.0573. The summed E-state index contributed by atoms with van der Waals surface area (Å²) < 4.78 is 5.57. The highest BCUT2D eigenvalue weighted by molar-refractivity contribution is 5.77. The van der Waals surface area contributed by atoms with Gasteiger partial charge in [0.25, 0.3) is 5.91 Å². The smallest absolute Gasteiger partial charge is 0.257 e. The summed E-state index contributed by atoms with van der Waals surface area (Å²) in [5.41, 5.74) is 1.27. The molecule has 1 fully saturated rings. The molecule has 0 aliphatic carbocycles. The Bertz CT molecular complexity index is 522. The maximum Gasteiger partial charge on any atom is 0.257 e. The van der Waals surface area contributed by atoms with Crippen LogP contribution in [0, 0.1) is 5.92 Å². The Kier molecular flexibility index (Phi) is 7.72. The zero-order chi connectivity index (χ0) is 18.2. The van der Waals surface area contributed by atoms with Crippen LogP contribution in [0.15, 0.2) is 24.3 Å². The molecule has 1 heterocycles. The lowest BCUT2D eigenvalue weighted by atomic mass is 10.0. The third-order valence-electron chi connectivity index (χ3n) is 4.73. The van der Waals surface area contributed by atoms with Crippen LogP contribution in [0.2, 0.25) is 0 Å². The van der Waals surface area contributed by atoms with E-state index >= 15 is 0 Å². The lowest BCUT2D eigenvalue weighted by Crippen LogP contribution is -2.47. The number of nitrogens with one attached hydrogen (secondary N) is 1. The van der Waals surface area contributed by atoms with Gasteiger partial charge >= 0.3 is 0 Å². The van der Waals surface area contributed by atoms with Crippen molar-refractivity contribution in [3.63, 3.8) is 0 Å². The van der Waals surface area contributed by atoms with E-state index < -0.39 is 0 Å². The second kappa shape index (κ2) is 9.78. The van der Waals surface area contributed by atoms with Crippen molar-refractivity contribution in [3.05, 3.63) is 29.8 Å². The molecule has 0 aromatic heterocycles. The standard InChI is InChI=1S/C20H33N3O2/c1-16(2)18-5-7-19(8-6-18)25-15-20(24)21-13-17(3)14-23-11-9-22(4)10-12-23/h5-8,16-17H,9-15H2,1-4H3,(H,21,24)/t17-/m1/s1. The molecule has 1 aromatic rings. The van der Waals surface area contributed by atoms with Crippen LogP contribution in [-0.4, -0.2) is 68.6 Å². The van der Waals surface area contributed by atoms with Gasteiger partial charge in [-0.3, -0.25) is 4.79 Å². The number of ether oxygens (including phenoxy) is 1. The molecule has 140 valence electrons. The number of hydrogen-bond acceptors (Lipinski definition) is 4. The van der Waals surface area contributed by atoms with Crippen LogP contribution in [0.25, 0.3) is 0 Å². The van der Waals surface area contributed by atoms with Crippen LogP contribution in [0.5, 0.6) is 5.75 Å². The summed E-state index contributed by atoms with van der Waals surface area (Å²) >= 11 is 0. The number of rotatable bonds is 8. The lowest BCUT2D eigenvalue weighted by molar-refractivity contribution is -0.123. The molecule has 0 bridgehead atoms. The lowest BCUT2D eigenvalue weighted by Gasteiger charge is -2.33. The normalized spacial score (nSPS) is 17.5. The molecule has 0 saturated carbocycles. The quantitative estimate of drug-likeness (QED) is 0.783. The van der Waals surface area contributed by atoms with E-state index in [0.717, 1.165) is 38.5 Å². The number of carbonyl (C=O) groups excluding carboxylic acids is 1. The third kappa shape index (κ3) is 7.04. The minimum absolute atomic E-state index is 0.0573. The molecular weight excluding hydrogens is 314 g/mol. The van der Waals surface area contributed by atoms with E-state index in [2.05, 4.69) is 55.1 Å². The number of carbonyl (C=O) groups is 1. The highest BCUT2D eigenvalue weighted by atomic mass is 16.5. The van der Waals surface area contributed by atoms with Crippen molar-refractivity contribution in [2.75, 3.05) is 52.9 Å². The van der Waals surface area contributed by atoms with Gasteiger partial charge in [-0.1, -0.05) is 32.9 Å². The fraction of sp³-hybridized carbons (Fsp3) is 0.650. The molecule has 1 atom stereocenters. The van der Waals surface area contributed by atoms with Crippen molar-refractivity contribution in [2.45, 2.75) is 26.7 Å². The number of hydrogen-bond donors (Lipinski definition) is 1. The van der Waals surface area contributed by atoms with Crippen molar-refractivity contribution in [1.29, 1.82) is 0 Å². The molecule has 1 saturated heterocycles. The Hall–Kier alpha value is -1.59. The topological polar surface area (TPSA) is 44.8 Å². The van der Waals surface area contributed by atoms with Crippen LogP contribution < -0.4 is 10.1 Å². The van der Waals surface area contributed by atoms with Gasteiger partial charge in [0.15, 0.2) is 6.61 Å². The molecule has 0 radical (unpaired) electrons. The molecule has 5 nitrogen and oxygen atoms in total. The molecule has 1 aromatic carbocycles. The van der Waals surface area contributed by atoms with Gasteiger partial charge in [-0.2, -0.15) is 0 Å². The Morgan fingerprint density at radius 3 is 2.36 bits per heavy atom. The maximum atomic E-state index is 12.0. The molecule has 0 unspecified atom stereocenters. The van der Waals surface area contributed by atoms with Crippen LogP contribution in [0.4, 0.5) is 0 Å². The second-order valence-corrected chi connectivity index (χ2v) is 7.53. The van der Waals surface area contributed by atoms with Crippen molar-refractivity contribution in [2.24, 2.45) is 5.92 Å². The zero-order valence-corrected chi connectivity index (χ0v) is 16.1. The van der Waals surface area contributed by atoms with Gasteiger partial charge in [0.2, 0.25) is 0 Å². The molecule has 1 N–H and O–H groups in total. The Labute approximate surface area is 152 Å². The summed E-state index contributed by atoms with van der Waals surface area (Å²) in [5.74, 6) is 1.63. The third-order valence-corrected chi connectivity index (χ3v) is 4.73. The van der Waals surface area contributed by atoms with E-state index in [-0.39, 0.29) is 12.5 Å². The predicted octanol–water partition coefficient (Wildman–Crippen LogP) is 2.19. The van der Waals surface area contributed by atoms with E-state index in [4.69, 9.17) is 4.74 Å². The number of nitrogens with zero attached hydrogens (tertiary/aromatic N) is 2. The summed E-state index contributed by atoms with van der Waals surface area (Å²) in [5, 5.41) is 2.98. The first-order valence-corrected chi connectivity index (χ1v) is 9.34. The van der Waals surface area contributed by atoms with E-state index in [1.54, 1.807) is 0 Å². The Morgan fingerprint density at radius 2 is 1.76 bits per heavy atom. The van der Waals surface area contributed by atoms with Crippen molar-refractivity contribution in [1.82, 2.24) is 15.1 Å². The average molecular weight is 348 g/mol. The van der Waals surface area contributed by atoms with Gasteiger partial charge in [0, 0.05) is 39.3 Å². The fourth-order valence-electron chi connectivity index (χ4n) is 2.97. The largest absolute Gasteiger partial charge is 0.484 e. The van der Waals surface area contributed by atoms with Gasteiger partial charge in [0.1, 0.15) is 5.75 Å². The molecule has 1 aliphatic heterocycles. The summed E-state index contributed by atoms with van der Waals surface area (Å²) in [6.07, 6.45) is 0. The van der Waals surface area contributed by atoms with Crippen molar-refractivity contribution in [3.8, 4) is 5.75 Å². The Morgan fingerprint density at radius 1 is 1.12 bits per heavy atom. The monoisotopic (exact) mass is 347 g/mol. The highest BCUT2D eigenvalue weighted by Gasteiger charge is 2.16. The zero-order valence-electron chi connectivity index (χ0n) is 16.1.